The zero-order valence-electron chi connectivity index (χ0n) is 27.1. The lowest BCUT2D eigenvalue weighted by Crippen LogP contribution is -2.51. The first-order valence-corrected chi connectivity index (χ1v) is 17.2. The Balaban J connectivity index is 1.13. The van der Waals surface area contributed by atoms with Crippen LogP contribution in [0.2, 0.25) is 0 Å². The summed E-state index contributed by atoms with van der Waals surface area (Å²) in [7, 11) is 0. The molecule has 1 aromatic heterocycles. The summed E-state index contributed by atoms with van der Waals surface area (Å²) in [6.45, 7) is 7.19. The molecule has 2 saturated carbocycles. The average Bonchev–Trinajstić information content (AvgIpc) is 3.99. The predicted molar refractivity (Wildman–Crippen MR) is 180 cm³/mol. The third-order valence-electron chi connectivity index (χ3n) is 11.2. The van der Waals surface area contributed by atoms with E-state index in [1.54, 1.807) is 12.1 Å². The lowest BCUT2D eigenvalue weighted by molar-refractivity contribution is -0.0532. The van der Waals surface area contributed by atoms with Gasteiger partial charge in [-0.2, -0.15) is 9.97 Å². The van der Waals surface area contributed by atoms with Crippen molar-refractivity contribution in [2.75, 3.05) is 50.8 Å². The van der Waals surface area contributed by atoms with Gasteiger partial charge in [-0.25, -0.2) is 8.78 Å². The van der Waals surface area contributed by atoms with E-state index in [2.05, 4.69) is 26.0 Å². The lowest BCUT2D eigenvalue weighted by Gasteiger charge is -2.35. The van der Waals surface area contributed by atoms with Crippen LogP contribution in [-0.4, -0.2) is 83.6 Å². The fourth-order valence-electron chi connectivity index (χ4n) is 8.34. The summed E-state index contributed by atoms with van der Waals surface area (Å²) in [5, 5.41) is 15.7. The SMILES string of the molecule is C#Cc1c(C)ccc2cc(O)cc(-c3c(F)cc4c(N5CC6CCC(C5)N6)nc(OCC5(CN6CCOC7(CC7)C6)CC5)nc4c3F)c12. The van der Waals surface area contributed by atoms with E-state index in [4.69, 9.17) is 20.9 Å². The number of aryl methyl sites for hydroxylation is 1. The molecule has 3 saturated heterocycles. The highest BCUT2D eigenvalue weighted by Crippen LogP contribution is 2.49. The molecule has 0 radical (unpaired) electrons. The molecule has 5 fully saturated rings. The minimum atomic E-state index is -0.836. The van der Waals surface area contributed by atoms with Crippen molar-refractivity contribution in [3.8, 4) is 35.2 Å². The normalized spacial score (nSPS) is 23.9. The number of piperazine rings is 1. The molecule has 248 valence electrons. The van der Waals surface area contributed by atoms with Gasteiger partial charge in [-0.15, -0.1) is 6.42 Å². The third-order valence-corrected chi connectivity index (χ3v) is 11.2. The number of benzene rings is 3. The number of ether oxygens (including phenoxy) is 2. The maximum atomic E-state index is 17.0. The van der Waals surface area contributed by atoms with E-state index in [1.165, 1.54) is 12.1 Å². The molecule has 0 amide bonds. The molecule has 2 unspecified atom stereocenters. The molecule has 10 heteroatoms. The van der Waals surface area contributed by atoms with Crippen LogP contribution >= 0.6 is 0 Å². The molecule has 2 N–H and O–H groups in total. The summed E-state index contributed by atoms with van der Waals surface area (Å²) in [5.41, 5.74) is 1.24. The first-order chi connectivity index (χ1) is 23.2. The number of anilines is 1. The molecular weight excluding hydrogens is 612 g/mol. The summed E-state index contributed by atoms with van der Waals surface area (Å²) >= 11 is 0. The van der Waals surface area contributed by atoms with Crippen LogP contribution in [0.1, 0.15) is 49.7 Å². The number of hydrogen-bond acceptors (Lipinski definition) is 8. The summed E-state index contributed by atoms with van der Waals surface area (Å²) in [4.78, 5) is 14.1. The smallest absolute Gasteiger partial charge is 0.319 e. The van der Waals surface area contributed by atoms with Crippen LogP contribution in [0.4, 0.5) is 14.6 Å². The van der Waals surface area contributed by atoms with Gasteiger partial charge in [0.05, 0.1) is 24.4 Å². The van der Waals surface area contributed by atoms with Crippen molar-refractivity contribution in [2.45, 2.75) is 63.1 Å². The van der Waals surface area contributed by atoms with Crippen molar-refractivity contribution in [1.82, 2.24) is 20.2 Å². The molecule has 2 bridgehead atoms. The molecule has 2 atom stereocenters. The first kappa shape index (κ1) is 30.1. The molecule has 4 heterocycles. The van der Waals surface area contributed by atoms with Gasteiger partial charge >= 0.3 is 6.01 Å². The Hall–Kier alpha value is -4.04. The molecule has 9 rings (SSSR count). The van der Waals surface area contributed by atoms with E-state index in [1.807, 2.05) is 13.0 Å². The topological polar surface area (TPSA) is 83.0 Å². The van der Waals surface area contributed by atoms with Crippen LogP contribution < -0.4 is 15.0 Å². The number of fused-ring (bicyclic) bond motifs is 4. The maximum Gasteiger partial charge on any atom is 0.319 e. The minimum absolute atomic E-state index is 0.00345. The van der Waals surface area contributed by atoms with Crippen LogP contribution in [0.25, 0.3) is 32.8 Å². The molecule has 2 aliphatic carbocycles. The molecule has 5 aliphatic rings. The Morgan fingerprint density at radius 3 is 2.62 bits per heavy atom. The molecule has 3 aliphatic heterocycles. The van der Waals surface area contributed by atoms with E-state index in [9.17, 15) is 5.11 Å². The number of rotatable bonds is 7. The van der Waals surface area contributed by atoms with E-state index in [-0.39, 0.29) is 51.5 Å². The number of terminal acetylenes is 1. The third kappa shape index (κ3) is 5.15. The van der Waals surface area contributed by atoms with Gasteiger partial charge < -0.3 is 24.8 Å². The second-order valence-corrected chi connectivity index (χ2v) is 14.8. The molecule has 8 nitrogen and oxygen atoms in total. The van der Waals surface area contributed by atoms with Gasteiger partial charge in [0.25, 0.3) is 0 Å². The maximum absolute atomic E-state index is 17.0. The summed E-state index contributed by atoms with van der Waals surface area (Å²) in [6, 6.07) is 8.55. The highest BCUT2D eigenvalue weighted by atomic mass is 19.1. The Kier molecular flexibility index (Phi) is 6.88. The number of phenolic OH excluding ortho intramolecular Hbond substituents is 1. The predicted octanol–water partition coefficient (Wildman–Crippen LogP) is 5.69. The minimum Gasteiger partial charge on any atom is -0.508 e. The van der Waals surface area contributed by atoms with Crippen molar-refractivity contribution in [1.29, 1.82) is 0 Å². The number of morpholine rings is 1. The quantitative estimate of drug-likeness (QED) is 0.247. The van der Waals surface area contributed by atoms with Gasteiger partial charge in [0, 0.05) is 72.1 Å². The van der Waals surface area contributed by atoms with Gasteiger partial charge in [-0.1, -0.05) is 18.1 Å². The van der Waals surface area contributed by atoms with Crippen molar-refractivity contribution in [2.24, 2.45) is 5.41 Å². The Morgan fingerprint density at radius 1 is 1.10 bits per heavy atom. The monoisotopic (exact) mass is 651 g/mol. The summed E-state index contributed by atoms with van der Waals surface area (Å²) in [5.74, 6) is 1.45. The van der Waals surface area contributed by atoms with Gasteiger partial charge in [0.1, 0.15) is 22.9 Å². The fraction of sp³-hybridized carbons (Fsp3) is 0.474. The standard InChI is InChI=1S/C38H39F2N5O3/c1-3-27-22(2)4-5-23-14-26(46)15-28(31(23)27)32-30(39)16-29-34(33(32)40)42-36(43-35(29)45-17-24-6-7-25(18-45)41-24)47-21-37(8-9-37)19-44-12-13-48-38(20-44)10-11-38/h1,4-5,14-16,24-25,41,46H,6-13,17-21H2,2H3. The van der Waals surface area contributed by atoms with E-state index >= 15 is 8.78 Å². The largest absolute Gasteiger partial charge is 0.508 e. The van der Waals surface area contributed by atoms with Crippen molar-refractivity contribution < 1.29 is 23.4 Å². The zero-order valence-corrected chi connectivity index (χ0v) is 27.1. The number of phenols is 1. The van der Waals surface area contributed by atoms with Crippen molar-refractivity contribution >= 4 is 27.5 Å². The zero-order chi connectivity index (χ0) is 32.8. The van der Waals surface area contributed by atoms with Gasteiger partial charge in [-0.05, 0) is 74.6 Å². The first-order valence-electron chi connectivity index (χ1n) is 17.2. The lowest BCUT2D eigenvalue weighted by atomic mass is 9.91. The molecule has 1 spiro atoms. The Morgan fingerprint density at radius 2 is 1.90 bits per heavy atom. The number of aromatic nitrogens is 2. The van der Waals surface area contributed by atoms with Crippen LogP contribution in [-0.2, 0) is 4.74 Å². The highest BCUT2D eigenvalue weighted by Gasteiger charge is 2.51. The molecule has 48 heavy (non-hydrogen) atoms. The van der Waals surface area contributed by atoms with Crippen LogP contribution in [0, 0.1) is 36.3 Å². The van der Waals surface area contributed by atoms with E-state index < -0.39 is 11.6 Å². The summed E-state index contributed by atoms with van der Waals surface area (Å²) in [6.07, 6.45) is 12.4. The molecular formula is C38H39F2N5O3. The average molecular weight is 652 g/mol. The van der Waals surface area contributed by atoms with Crippen LogP contribution in [0.3, 0.4) is 0 Å². The number of halogens is 2. The number of nitrogens with one attached hydrogen (secondary N) is 1. The van der Waals surface area contributed by atoms with Gasteiger partial charge in [0.2, 0.25) is 0 Å². The number of hydrogen-bond donors (Lipinski definition) is 2. The number of aromatic hydroxyl groups is 1. The fourth-order valence-corrected chi connectivity index (χ4v) is 8.34. The van der Waals surface area contributed by atoms with E-state index in [0.29, 0.717) is 47.2 Å². The Labute approximate surface area is 278 Å². The van der Waals surface area contributed by atoms with Gasteiger partial charge in [0.15, 0.2) is 5.82 Å². The van der Waals surface area contributed by atoms with Gasteiger partial charge in [-0.3, -0.25) is 4.90 Å². The second kappa shape index (κ2) is 11.0. The van der Waals surface area contributed by atoms with Crippen LogP contribution in [0.5, 0.6) is 11.8 Å². The van der Waals surface area contributed by atoms with Crippen molar-refractivity contribution in [3.05, 3.63) is 53.1 Å². The highest BCUT2D eigenvalue weighted by molar-refractivity contribution is 6.04. The van der Waals surface area contributed by atoms with E-state index in [0.717, 1.165) is 70.3 Å². The van der Waals surface area contributed by atoms with Crippen LogP contribution in [0.15, 0.2) is 30.3 Å². The second-order valence-electron chi connectivity index (χ2n) is 14.8. The molecule has 4 aromatic rings. The molecule has 3 aromatic carbocycles. The number of nitrogens with zero attached hydrogens (tertiary/aromatic N) is 4. The Bertz CT molecular complexity index is 2010. The van der Waals surface area contributed by atoms with Crippen molar-refractivity contribution in [3.63, 3.8) is 0 Å². The summed E-state index contributed by atoms with van der Waals surface area (Å²) < 4.78 is 45.8.